The van der Waals surface area contributed by atoms with E-state index >= 15 is 0 Å². The van der Waals surface area contributed by atoms with E-state index in [0.29, 0.717) is 18.9 Å². The number of aromatic hydroxyl groups is 1. The second-order valence-corrected chi connectivity index (χ2v) is 4.34. The Hall–Kier alpha value is -1.51. The molecule has 1 aromatic carbocycles. The summed E-state index contributed by atoms with van der Waals surface area (Å²) < 4.78 is 0. The van der Waals surface area contributed by atoms with Gasteiger partial charge in [0.15, 0.2) is 0 Å². The van der Waals surface area contributed by atoms with Gasteiger partial charge in [0.05, 0.1) is 0 Å². The molecule has 16 heavy (non-hydrogen) atoms. The third-order valence-corrected chi connectivity index (χ3v) is 2.42. The van der Waals surface area contributed by atoms with Crippen LogP contribution in [0, 0.1) is 5.92 Å². The van der Waals surface area contributed by atoms with Crippen LogP contribution in [0.15, 0.2) is 24.3 Å². The fourth-order valence-electron chi connectivity index (χ4n) is 1.36. The van der Waals surface area contributed by atoms with Crippen LogP contribution in [0.25, 0.3) is 0 Å². The van der Waals surface area contributed by atoms with Crippen LogP contribution in [0.1, 0.15) is 32.3 Å². The third kappa shape index (κ3) is 4.34. The average molecular weight is 221 g/mol. The number of benzene rings is 1. The minimum Gasteiger partial charge on any atom is -0.508 e. The van der Waals surface area contributed by atoms with Gasteiger partial charge in [-0.2, -0.15) is 0 Å². The Morgan fingerprint density at radius 2 is 2.06 bits per heavy atom. The normalized spacial score (nSPS) is 10.4. The predicted molar refractivity (Wildman–Crippen MR) is 64.0 cm³/mol. The summed E-state index contributed by atoms with van der Waals surface area (Å²) in [5.74, 6) is 0.805. The summed E-state index contributed by atoms with van der Waals surface area (Å²) in [6.45, 7) is 4.58. The van der Waals surface area contributed by atoms with Gasteiger partial charge in [-0.25, -0.2) is 0 Å². The van der Waals surface area contributed by atoms with Gasteiger partial charge in [-0.1, -0.05) is 32.0 Å². The predicted octanol–water partition coefficient (Wildman–Crippen LogP) is 2.44. The summed E-state index contributed by atoms with van der Waals surface area (Å²) >= 11 is 0. The van der Waals surface area contributed by atoms with Crippen molar-refractivity contribution in [3.8, 4) is 5.75 Å². The lowest BCUT2D eigenvalue weighted by Gasteiger charge is -2.07. The van der Waals surface area contributed by atoms with Gasteiger partial charge in [0.2, 0.25) is 5.91 Å². The van der Waals surface area contributed by atoms with Crippen LogP contribution in [0.2, 0.25) is 0 Å². The summed E-state index contributed by atoms with van der Waals surface area (Å²) in [6.07, 6.45) is 1.44. The van der Waals surface area contributed by atoms with Crippen molar-refractivity contribution in [3.63, 3.8) is 0 Å². The van der Waals surface area contributed by atoms with Crippen LogP contribution < -0.4 is 5.32 Å². The number of carbonyl (C=O) groups excluding carboxylic acids is 1. The van der Waals surface area contributed by atoms with Crippen molar-refractivity contribution < 1.29 is 9.90 Å². The molecule has 3 heteroatoms. The fourth-order valence-corrected chi connectivity index (χ4v) is 1.36. The molecular weight excluding hydrogens is 202 g/mol. The minimum atomic E-state index is 0.0388. The number of hydrogen-bond donors (Lipinski definition) is 2. The zero-order valence-electron chi connectivity index (χ0n) is 9.86. The van der Waals surface area contributed by atoms with E-state index in [2.05, 4.69) is 19.2 Å². The molecule has 0 spiro atoms. The Bertz CT molecular complexity index is 348. The summed E-state index contributed by atoms with van der Waals surface area (Å²) in [5, 5.41) is 12.3. The van der Waals surface area contributed by atoms with E-state index in [1.54, 1.807) is 18.2 Å². The van der Waals surface area contributed by atoms with E-state index in [1.165, 1.54) is 0 Å². The molecule has 0 saturated carbocycles. The molecule has 0 saturated heterocycles. The van der Waals surface area contributed by atoms with Crippen LogP contribution in [0.5, 0.6) is 5.75 Å². The molecule has 0 atom stereocenters. The molecule has 0 fully saturated rings. The van der Waals surface area contributed by atoms with Crippen LogP contribution >= 0.6 is 0 Å². The number of amides is 1. The van der Waals surface area contributed by atoms with Crippen LogP contribution in [0.4, 0.5) is 0 Å². The van der Waals surface area contributed by atoms with Gasteiger partial charge in [0.1, 0.15) is 5.75 Å². The molecule has 0 aromatic heterocycles. The summed E-state index contributed by atoms with van der Waals surface area (Å²) in [6, 6.07) is 7.03. The number of phenols is 1. The summed E-state index contributed by atoms with van der Waals surface area (Å²) in [7, 11) is 0. The van der Waals surface area contributed by atoms with Gasteiger partial charge in [0.25, 0.3) is 0 Å². The van der Waals surface area contributed by atoms with Gasteiger partial charge in [-0.3, -0.25) is 4.79 Å². The van der Waals surface area contributed by atoms with Crippen molar-refractivity contribution in [1.29, 1.82) is 0 Å². The van der Waals surface area contributed by atoms with Gasteiger partial charge in [-0.15, -0.1) is 0 Å². The first kappa shape index (κ1) is 12.6. The number of hydrogen-bond acceptors (Lipinski definition) is 2. The average Bonchev–Trinajstić information content (AvgIpc) is 2.25. The minimum absolute atomic E-state index is 0.0388. The van der Waals surface area contributed by atoms with E-state index in [9.17, 15) is 9.90 Å². The van der Waals surface area contributed by atoms with E-state index in [4.69, 9.17) is 0 Å². The largest absolute Gasteiger partial charge is 0.508 e. The first-order valence-corrected chi connectivity index (χ1v) is 5.63. The topological polar surface area (TPSA) is 49.3 Å². The Balaban J connectivity index is 2.35. The lowest BCUT2D eigenvalue weighted by atomic mass is 10.1. The summed E-state index contributed by atoms with van der Waals surface area (Å²) in [5.41, 5.74) is 0.750. The van der Waals surface area contributed by atoms with E-state index < -0.39 is 0 Å². The van der Waals surface area contributed by atoms with E-state index in [1.807, 2.05) is 6.07 Å². The number of nitrogens with one attached hydrogen (secondary N) is 1. The lowest BCUT2D eigenvalue weighted by molar-refractivity contribution is -0.121. The number of rotatable bonds is 5. The zero-order chi connectivity index (χ0) is 12.0. The molecule has 88 valence electrons. The molecule has 1 aromatic rings. The van der Waals surface area contributed by atoms with Gasteiger partial charge in [-0.05, 0) is 18.4 Å². The molecule has 0 heterocycles. The third-order valence-electron chi connectivity index (χ3n) is 2.42. The lowest BCUT2D eigenvalue weighted by Crippen LogP contribution is -2.22. The highest BCUT2D eigenvalue weighted by Crippen LogP contribution is 2.14. The second-order valence-electron chi connectivity index (χ2n) is 4.34. The maximum atomic E-state index is 11.4. The SMILES string of the molecule is CC(C)CCC(=O)NCc1ccccc1O. The van der Waals surface area contributed by atoms with Crippen molar-refractivity contribution in [1.82, 2.24) is 5.32 Å². The summed E-state index contributed by atoms with van der Waals surface area (Å²) in [4.78, 5) is 11.4. The molecule has 1 amide bonds. The van der Waals surface area contributed by atoms with Gasteiger partial charge in [0, 0.05) is 18.5 Å². The van der Waals surface area contributed by atoms with E-state index in [0.717, 1.165) is 12.0 Å². The molecule has 0 aliphatic rings. The zero-order valence-corrected chi connectivity index (χ0v) is 9.86. The quantitative estimate of drug-likeness (QED) is 0.802. The molecule has 1 rings (SSSR count). The molecule has 0 aliphatic heterocycles. The highest BCUT2D eigenvalue weighted by Gasteiger charge is 2.04. The van der Waals surface area contributed by atoms with Crippen molar-refractivity contribution in [2.45, 2.75) is 33.2 Å². The molecular formula is C13H19NO2. The smallest absolute Gasteiger partial charge is 0.220 e. The number of phenolic OH excluding ortho intramolecular Hbond substituents is 1. The monoisotopic (exact) mass is 221 g/mol. The Kier molecular flexibility index (Phi) is 4.83. The molecule has 0 aliphatic carbocycles. The molecule has 0 bridgehead atoms. The van der Waals surface area contributed by atoms with Crippen molar-refractivity contribution in [3.05, 3.63) is 29.8 Å². The van der Waals surface area contributed by atoms with Crippen LogP contribution in [0.3, 0.4) is 0 Å². The highest BCUT2D eigenvalue weighted by atomic mass is 16.3. The van der Waals surface area contributed by atoms with Gasteiger partial charge < -0.3 is 10.4 Å². The molecule has 0 radical (unpaired) electrons. The Morgan fingerprint density at radius 3 is 2.69 bits per heavy atom. The van der Waals surface area contributed by atoms with E-state index in [-0.39, 0.29) is 11.7 Å². The van der Waals surface area contributed by atoms with Crippen LogP contribution in [-0.2, 0) is 11.3 Å². The highest BCUT2D eigenvalue weighted by molar-refractivity contribution is 5.75. The van der Waals surface area contributed by atoms with Crippen molar-refractivity contribution in [2.24, 2.45) is 5.92 Å². The molecule has 0 unspecified atom stereocenters. The standard InChI is InChI=1S/C13H19NO2/c1-10(2)7-8-13(16)14-9-11-5-3-4-6-12(11)15/h3-6,10,15H,7-9H2,1-2H3,(H,14,16). The Morgan fingerprint density at radius 1 is 1.38 bits per heavy atom. The maximum Gasteiger partial charge on any atom is 0.220 e. The molecule has 2 N–H and O–H groups in total. The van der Waals surface area contributed by atoms with Gasteiger partial charge >= 0.3 is 0 Å². The second kappa shape index (κ2) is 6.16. The van der Waals surface area contributed by atoms with Crippen molar-refractivity contribution >= 4 is 5.91 Å². The molecule has 3 nitrogen and oxygen atoms in total. The maximum absolute atomic E-state index is 11.4. The first-order chi connectivity index (χ1) is 7.59. The van der Waals surface area contributed by atoms with Crippen LogP contribution in [-0.4, -0.2) is 11.0 Å². The van der Waals surface area contributed by atoms with Crippen molar-refractivity contribution in [2.75, 3.05) is 0 Å². The number of para-hydroxylation sites is 1. The number of carbonyl (C=O) groups is 1. The fraction of sp³-hybridized carbons (Fsp3) is 0.462. The first-order valence-electron chi connectivity index (χ1n) is 5.63. The Labute approximate surface area is 96.5 Å².